The summed E-state index contributed by atoms with van der Waals surface area (Å²) in [5.41, 5.74) is 7.95. The first-order valence-corrected chi connectivity index (χ1v) is 7.30. The van der Waals surface area contributed by atoms with Gasteiger partial charge >= 0.3 is 0 Å². The lowest BCUT2D eigenvalue weighted by Gasteiger charge is -2.18. The average molecular weight is 282 g/mol. The standard InChI is InChI=1S/C18H22N2O/c1-14(15-8-4-2-5-9-15)13-20-18(21)17(12-19)16-10-6-3-7-11-16/h2-11,14,17H,12-13,19H2,1H3,(H,20,21). The van der Waals surface area contributed by atoms with Crippen LogP contribution in [0.2, 0.25) is 0 Å². The van der Waals surface area contributed by atoms with Crippen LogP contribution in [0.1, 0.15) is 29.9 Å². The van der Waals surface area contributed by atoms with Crippen LogP contribution < -0.4 is 11.1 Å². The van der Waals surface area contributed by atoms with Gasteiger partial charge in [0, 0.05) is 13.1 Å². The van der Waals surface area contributed by atoms with Crippen molar-refractivity contribution in [2.24, 2.45) is 5.73 Å². The van der Waals surface area contributed by atoms with Crippen LogP contribution in [0.25, 0.3) is 0 Å². The van der Waals surface area contributed by atoms with Gasteiger partial charge in [-0.3, -0.25) is 4.79 Å². The Morgan fingerprint density at radius 3 is 2.05 bits per heavy atom. The van der Waals surface area contributed by atoms with Gasteiger partial charge in [0.05, 0.1) is 5.92 Å². The first kappa shape index (κ1) is 15.3. The van der Waals surface area contributed by atoms with Gasteiger partial charge in [0.25, 0.3) is 0 Å². The van der Waals surface area contributed by atoms with Crippen molar-refractivity contribution in [2.75, 3.05) is 13.1 Å². The molecule has 0 saturated carbocycles. The molecule has 0 radical (unpaired) electrons. The molecule has 3 nitrogen and oxygen atoms in total. The third kappa shape index (κ3) is 4.17. The molecule has 0 saturated heterocycles. The lowest BCUT2D eigenvalue weighted by molar-refractivity contribution is -0.122. The van der Waals surface area contributed by atoms with Gasteiger partial charge < -0.3 is 11.1 Å². The summed E-state index contributed by atoms with van der Waals surface area (Å²) in [5.74, 6) is -0.00926. The molecular formula is C18H22N2O. The van der Waals surface area contributed by atoms with Crippen LogP contribution in [-0.2, 0) is 4.79 Å². The highest BCUT2D eigenvalue weighted by atomic mass is 16.1. The molecular weight excluding hydrogens is 260 g/mol. The molecule has 0 aliphatic carbocycles. The summed E-state index contributed by atoms with van der Waals surface area (Å²) < 4.78 is 0. The molecule has 2 atom stereocenters. The molecule has 1 amide bonds. The third-order valence-corrected chi connectivity index (χ3v) is 3.71. The summed E-state index contributed by atoms with van der Waals surface area (Å²) in [6, 6.07) is 19.9. The molecule has 0 aliphatic rings. The normalized spacial score (nSPS) is 13.4. The molecule has 2 aromatic carbocycles. The molecule has 0 fully saturated rings. The molecule has 2 aromatic rings. The predicted octanol–water partition coefficient (Wildman–Crippen LogP) is 2.65. The van der Waals surface area contributed by atoms with Crippen LogP contribution in [0.4, 0.5) is 0 Å². The fraction of sp³-hybridized carbons (Fsp3) is 0.278. The van der Waals surface area contributed by atoms with Crippen molar-refractivity contribution in [2.45, 2.75) is 18.8 Å². The Balaban J connectivity index is 1.94. The molecule has 3 heteroatoms. The van der Waals surface area contributed by atoms with Crippen molar-refractivity contribution in [3.05, 3.63) is 71.8 Å². The number of hydrogen-bond acceptors (Lipinski definition) is 2. The minimum Gasteiger partial charge on any atom is -0.355 e. The number of nitrogens with one attached hydrogen (secondary N) is 1. The summed E-state index contributed by atoms with van der Waals surface area (Å²) in [7, 11) is 0. The van der Waals surface area contributed by atoms with Crippen LogP contribution >= 0.6 is 0 Å². The Labute approximate surface area is 126 Å². The van der Waals surface area contributed by atoms with Gasteiger partial charge in [-0.25, -0.2) is 0 Å². The quantitative estimate of drug-likeness (QED) is 0.856. The maximum absolute atomic E-state index is 12.3. The minimum absolute atomic E-state index is 0.00789. The lowest BCUT2D eigenvalue weighted by Crippen LogP contribution is -2.35. The van der Waals surface area contributed by atoms with E-state index in [1.165, 1.54) is 5.56 Å². The largest absolute Gasteiger partial charge is 0.355 e. The summed E-state index contributed by atoms with van der Waals surface area (Å²) in [4.78, 5) is 12.3. The van der Waals surface area contributed by atoms with E-state index in [2.05, 4.69) is 24.4 Å². The van der Waals surface area contributed by atoms with E-state index in [-0.39, 0.29) is 17.7 Å². The van der Waals surface area contributed by atoms with E-state index in [0.29, 0.717) is 13.1 Å². The highest BCUT2D eigenvalue weighted by Crippen LogP contribution is 2.16. The molecule has 21 heavy (non-hydrogen) atoms. The van der Waals surface area contributed by atoms with Gasteiger partial charge in [-0.15, -0.1) is 0 Å². The van der Waals surface area contributed by atoms with E-state index in [9.17, 15) is 4.79 Å². The number of amides is 1. The molecule has 3 N–H and O–H groups in total. The zero-order chi connectivity index (χ0) is 15.1. The highest BCUT2D eigenvalue weighted by Gasteiger charge is 2.19. The number of carbonyl (C=O) groups excluding carboxylic acids is 1. The third-order valence-electron chi connectivity index (χ3n) is 3.71. The molecule has 2 unspecified atom stereocenters. The SMILES string of the molecule is CC(CNC(=O)C(CN)c1ccccc1)c1ccccc1. The van der Waals surface area contributed by atoms with Gasteiger partial charge in [-0.2, -0.15) is 0 Å². The lowest BCUT2D eigenvalue weighted by atomic mass is 9.97. The Morgan fingerprint density at radius 2 is 1.52 bits per heavy atom. The molecule has 0 aromatic heterocycles. The minimum atomic E-state index is -0.283. The topological polar surface area (TPSA) is 55.1 Å². The van der Waals surface area contributed by atoms with E-state index in [1.54, 1.807) is 0 Å². The Kier molecular flexibility index (Phi) is 5.52. The average Bonchev–Trinajstić information content (AvgIpc) is 2.55. The Bertz CT molecular complexity index is 554. The van der Waals surface area contributed by atoms with E-state index in [0.717, 1.165) is 5.56 Å². The van der Waals surface area contributed by atoms with Gasteiger partial charge in [0.1, 0.15) is 0 Å². The summed E-state index contributed by atoms with van der Waals surface area (Å²) >= 11 is 0. The van der Waals surface area contributed by atoms with E-state index < -0.39 is 0 Å². The molecule has 110 valence electrons. The van der Waals surface area contributed by atoms with Crippen molar-refractivity contribution in [1.82, 2.24) is 5.32 Å². The first-order chi connectivity index (χ1) is 10.2. The highest BCUT2D eigenvalue weighted by molar-refractivity contribution is 5.83. The van der Waals surface area contributed by atoms with Gasteiger partial charge in [-0.1, -0.05) is 67.6 Å². The van der Waals surface area contributed by atoms with Gasteiger partial charge in [-0.05, 0) is 17.0 Å². The second-order valence-electron chi connectivity index (χ2n) is 5.26. The summed E-state index contributed by atoms with van der Waals surface area (Å²) in [6.07, 6.45) is 0. The van der Waals surface area contributed by atoms with Crippen LogP contribution in [0.3, 0.4) is 0 Å². The molecule has 0 heterocycles. The number of carbonyl (C=O) groups is 1. The Hall–Kier alpha value is -2.13. The molecule has 0 aliphatic heterocycles. The second-order valence-corrected chi connectivity index (χ2v) is 5.26. The molecule has 2 rings (SSSR count). The summed E-state index contributed by atoms with van der Waals surface area (Å²) in [5, 5.41) is 3.01. The maximum Gasteiger partial charge on any atom is 0.228 e. The van der Waals surface area contributed by atoms with Crippen LogP contribution in [0, 0.1) is 0 Å². The number of benzene rings is 2. The van der Waals surface area contributed by atoms with Crippen LogP contribution in [0.15, 0.2) is 60.7 Å². The number of nitrogens with two attached hydrogens (primary N) is 1. The molecule has 0 spiro atoms. The van der Waals surface area contributed by atoms with Crippen molar-refractivity contribution >= 4 is 5.91 Å². The van der Waals surface area contributed by atoms with Gasteiger partial charge in [0.2, 0.25) is 5.91 Å². The van der Waals surface area contributed by atoms with Crippen LogP contribution in [0.5, 0.6) is 0 Å². The van der Waals surface area contributed by atoms with E-state index in [4.69, 9.17) is 5.73 Å². The predicted molar refractivity (Wildman–Crippen MR) is 86.1 cm³/mol. The fourth-order valence-electron chi connectivity index (χ4n) is 2.36. The van der Waals surface area contributed by atoms with Crippen molar-refractivity contribution in [1.29, 1.82) is 0 Å². The molecule has 0 bridgehead atoms. The smallest absolute Gasteiger partial charge is 0.228 e. The maximum atomic E-state index is 12.3. The first-order valence-electron chi connectivity index (χ1n) is 7.30. The van der Waals surface area contributed by atoms with Gasteiger partial charge in [0.15, 0.2) is 0 Å². The second kappa shape index (κ2) is 7.60. The van der Waals surface area contributed by atoms with Crippen molar-refractivity contribution < 1.29 is 4.79 Å². The van der Waals surface area contributed by atoms with Crippen LogP contribution in [-0.4, -0.2) is 19.0 Å². The zero-order valence-corrected chi connectivity index (χ0v) is 12.3. The van der Waals surface area contributed by atoms with E-state index >= 15 is 0 Å². The number of rotatable bonds is 6. The monoisotopic (exact) mass is 282 g/mol. The fourth-order valence-corrected chi connectivity index (χ4v) is 2.36. The van der Waals surface area contributed by atoms with E-state index in [1.807, 2.05) is 48.5 Å². The summed E-state index contributed by atoms with van der Waals surface area (Å²) in [6.45, 7) is 3.04. The van der Waals surface area contributed by atoms with Crippen molar-refractivity contribution in [3.8, 4) is 0 Å². The zero-order valence-electron chi connectivity index (χ0n) is 12.3. The number of hydrogen-bond donors (Lipinski definition) is 2. The Morgan fingerprint density at radius 1 is 1.00 bits per heavy atom. The van der Waals surface area contributed by atoms with Crippen molar-refractivity contribution in [3.63, 3.8) is 0 Å².